The second kappa shape index (κ2) is 9.42. The monoisotopic (exact) mass is 396 g/mol. The number of nitrogens with zero attached hydrogens (tertiary/aromatic N) is 3. The Balaban J connectivity index is 1.55. The van der Waals surface area contributed by atoms with E-state index in [1.807, 2.05) is 4.90 Å². The van der Waals surface area contributed by atoms with Gasteiger partial charge in [-0.1, -0.05) is 0 Å². The minimum Gasteiger partial charge on any atom is -0.481 e. The molecular formula is C18H32N6O4. The summed E-state index contributed by atoms with van der Waals surface area (Å²) in [6, 6.07) is -0.419. The van der Waals surface area contributed by atoms with Crippen molar-refractivity contribution in [3.63, 3.8) is 0 Å². The first-order chi connectivity index (χ1) is 13.4. The van der Waals surface area contributed by atoms with E-state index in [2.05, 4.69) is 10.2 Å². The van der Waals surface area contributed by atoms with Gasteiger partial charge < -0.3 is 30.7 Å². The average molecular weight is 396 g/mol. The van der Waals surface area contributed by atoms with Crippen LogP contribution in [0.25, 0.3) is 0 Å². The molecule has 158 valence electrons. The fourth-order valence-corrected chi connectivity index (χ4v) is 4.38. The molecule has 3 rings (SSSR count). The number of likely N-dealkylation sites (tertiary alicyclic amines) is 1. The van der Waals surface area contributed by atoms with E-state index in [0.29, 0.717) is 19.0 Å². The lowest BCUT2D eigenvalue weighted by molar-refractivity contribution is -0.138. The van der Waals surface area contributed by atoms with E-state index in [1.54, 1.807) is 4.90 Å². The third kappa shape index (κ3) is 5.26. The molecule has 3 aliphatic rings. The molecule has 0 spiro atoms. The second-order valence-electron chi connectivity index (χ2n) is 7.94. The lowest BCUT2D eigenvalue weighted by Crippen LogP contribution is -2.49. The van der Waals surface area contributed by atoms with E-state index in [4.69, 9.17) is 15.9 Å². The van der Waals surface area contributed by atoms with Gasteiger partial charge in [0.05, 0.1) is 12.5 Å². The summed E-state index contributed by atoms with van der Waals surface area (Å²) in [6.07, 6.45) is 1.78. The number of rotatable bonds is 7. The number of carbonyl (C=O) groups is 2. The first kappa shape index (κ1) is 20.7. The summed E-state index contributed by atoms with van der Waals surface area (Å²) in [5.41, 5.74) is 5.54. The highest BCUT2D eigenvalue weighted by Gasteiger charge is 2.43. The van der Waals surface area contributed by atoms with E-state index in [1.165, 1.54) is 0 Å². The van der Waals surface area contributed by atoms with Crippen LogP contribution in [0.1, 0.15) is 25.7 Å². The van der Waals surface area contributed by atoms with E-state index in [-0.39, 0.29) is 12.4 Å². The highest BCUT2D eigenvalue weighted by molar-refractivity contribution is 5.75. The van der Waals surface area contributed by atoms with Crippen molar-refractivity contribution in [1.82, 2.24) is 20.0 Å². The molecule has 10 nitrogen and oxygen atoms in total. The van der Waals surface area contributed by atoms with E-state index in [9.17, 15) is 14.7 Å². The Hall–Kier alpha value is -2.07. The Labute approximate surface area is 165 Å². The van der Waals surface area contributed by atoms with Crippen LogP contribution in [0.2, 0.25) is 0 Å². The van der Waals surface area contributed by atoms with Gasteiger partial charge in [-0.25, -0.2) is 4.79 Å². The number of nitrogens with two attached hydrogens (primary N) is 1. The number of aliphatic carboxylic acids is 1. The molecule has 3 fully saturated rings. The molecule has 0 bridgehead atoms. The van der Waals surface area contributed by atoms with Crippen LogP contribution < -0.4 is 11.1 Å². The molecule has 28 heavy (non-hydrogen) atoms. The quantitative estimate of drug-likeness (QED) is 0.336. The van der Waals surface area contributed by atoms with Crippen molar-refractivity contribution < 1.29 is 19.4 Å². The lowest BCUT2D eigenvalue weighted by atomic mass is 9.93. The zero-order valence-corrected chi connectivity index (χ0v) is 16.3. The number of nitrogens with one attached hydrogen (secondary N) is 2. The van der Waals surface area contributed by atoms with Gasteiger partial charge in [-0.3, -0.25) is 15.1 Å². The van der Waals surface area contributed by atoms with E-state index in [0.717, 1.165) is 58.5 Å². The standard InChI is InChI=1S/C18H32N6O4/c19-17(20)23-6-1-13(2-7-23)3-8-24-14(11-16(25)26)15(28-18(24)27)12-22-9-4-21-5-10-22/h13-15,21H,1-12H2,(H3,19,20)(H,25,26). The first-order valence-electron chi connectivity index (χ1n) is 10.1. The molecule has 10 heteroatoms. The van der Waals surface area contributed by atoms with Gasteiger partial charge >= 0.3 is 12.1 Å². The molecule has 2 unspecified atom stereocenters. The smallest absolute Gasteiger partial charge is 0.410 e. The maximum Gasteiger partial charge on any atom is 0.410 e. The number of hydrogen-bond acceptors (Lipinski definition) is 6. The fraction of sp³-hybridized carbons (Fsp3) is 0.833. The average Bonchev–Trinajstić information content (AvgIpc) is 2.95. The van der Waals surface area contributed by atoms with Gasteiger partial charge in [-0.15, -0.1) is 0 Å². The molecule has 3 heterocycles. The number of cyclic esters (lactones) is 1. The van der Waals surface area contributed by atoms with E-state index < -0.39 is 24.2 Å². The van der Waals surface area contributed by atoms with Gasteiger partial charge in [0.15, 0.2) is 5.96 Å². The Morgan fingerprint density at radius 1 is 1.25 bits per heavy atom. The van der Waals surface area contributed by atoms with Crippen LogP contribution in [0.5, 0.6) is 0 Å². The SMILES string of the molecule is N=C(N)N1CCC(CCN2C(=O)OC(CN3CCNCC3)C2CC(=O)O)CC1. The van der Waals surface area contributed by atoms with Crippen LogP contribution in [-0.4, -0.2) is 102 Å². The third-order valence-electron chi connectivity index (χ3n) is 6.08. The lowest BCUT2D eigenvalue weighted by Gasteiger charge is -2.33. The number of piperidine rings is 1. The molecule has 0 saturated carbocycles. The van der Waals surface area contributed by atoms with Crippen molar-refractivity contribution in [2.24, 2.45) is 11.7 Å². The minimum absolute atomic E-state index is 0.0920. The molecule has 0 aromatic heterocycles. The number of hydrogen-bond donors (Lipinski definition) is 4. The summed E-state index contributed by atoms with van der Waals surface area (Å²) < 4.78 is 5.59. The van der Waals surface area contributed by atoms with Gasteiger partial charge in [0.2, 0.25) is 0 Å². The fourth-order valence-electron chi connectivity index (χ4n) is 4.38. The van der Waals surface area contributed by atoms with Crippen molar-refractivity contribution in [2.75, 3.05) is 52.4 Å². The summed E-state index contributed by atoms with van der Waals surface area (Å²) in [7, 11) is 0. The van der Waals surface area contributed by atoms with Gasteiger partial charge in [0.25, 0.3) is 0 Å². The van der Waals surface area contributed by atoms with Crippen LogP contribution in [0.3, 0.4) is 0 Å². The molecule has 5 N–H and O–H groups in total. The second-order valence-corrected chi connectivity index (χ2v) is 7.94. The molecule has 0 aromatic carbocycles. The van der Waals surface area contributed by atoms with Crippen LogP contribution >= 0.6 is 0 Å². The summed E-state index contributed by atoms with van der Waals surface area (Å²) in [6.45, 7) is 6.16. The number of carboxylic acids is 1. The topological polar surface area (TPSA) is 135 Å². The molecule has 0 radical (unpaired) electrons. The summed E-state index contributed by atoms with van der Waals surface area (Å²) in [5.74, 6) is -0.353. The maximum atomic E-state index is 12.5. The third-order valence-corrected chi connectivity index (χ3v) is 6.08. The number of piperazine rings is 1. The predicted molar refractivity (Wildman–Crippen MR) is 103 cm³/mol. The first-order valence-corrected chi connectivity index (χ1v) is 10.1. The van der Waals surface area contributed by atoms with Gasteiger partial charge in [0.1, 0.15) is 6.10 Å². The Morgan fingerprint density at radius 2 is 1.93 bits per heavy atom. The summed E-state index contributed by atoms with van der Waals surface area (Å²) >= 11 is 0. The molecule has 0 aromatic rings. The van der Waals surface area contributed by atoms with Crippen molar-refractivity contribution >= 4 is 18.0 Å². The molecule has 3 aliphatic heterocycles. The normalized spacial score (nSPS) is 27.1. The largest absolute Gasteiger partial charge is 0.481 e. The number of amides is 1. The van der Waals surface area contributed by atoms with Crippen LogP contribution in [-0.2, 0) is 9.53 Å². The highest BCUT2D eigenvalue weighted by atomic mass is 16.6. The van der Waals surface area contributed by atoms with Crippen molar-refractivity contribution in [3.8, 4) is 0 Å². The Morgan fingerprint density at radius 3 is 2.54 bits per heavy atom. The van der Waals surface area contributed by atoms with Gasteiger partial charge in [-0.2, -0.15) is 0 Å². The zero-order chi connectivity index (χ0) is 20.1. The van der Waals surface area contributed by atoms with Crippen LogP contribution in [0, 0.1) is 11.3 Å². The van der Waals surface area contributed by atoms with Gasteiger partial charge in [-0.05, 0) is 25.2 Å². The molecular weight excluding hydrogens is 364 g/mol. The summed E-state index contributed by atoms with van der Waals surface area (Å²) in [4.78, 5) is 29.6. The Kier molecular flexibility index (Phi) is 6.95. The molecule has 3 saturated heterocycles. The molecule has 0 aliphatic carbocycles. The summed E-state index contributed by atoms with van der Waals surface area (Å²) in [5, 5.41) is 20.1. The highest BCUT2D eigenvalue weighted by Crippen LogP contribution is 2.27. The van der Waals surface area contributed by atoms with Crippen molar-refractivity contribution in [1.29, 1.82) is 5.41 Å². The predicted octanol–water partition coefficient (Wildman–Crippen LogP) is -0.449. The number of carboxylic acid groups (broad SMARTS) is 1. The number of guanidine groups is 1. The van der Waals surface area contributed by atoms with Gasteiger partial charge in [0, 0.05) is 52.4 Å². The minimum atomic E-state index is -0.909. The molecule has 1 amide bonds. The van der Waals surface area contributed by atoms with Crippen LogP contribution in [0.15, 0.2) is 0 Å². The Bertz CT molecular complexity index is 574. The zero-order valence-electron chi connectivity index (χ0n) is 16.3. The van der Waals surface area contributed by atoms with E-state index >= 15 is 0 Å². The number of carbonyl (C=O) groups excluding carboxylic acids is 1. The number of ether oxygens (including phenoxy) is 1. The molecule has 2 atom stereocenters. The van der Waals surface area contributed by atoms with Crippen LogP contribution in [0.4, 0.5) is 4.79 Å². The van der Waals surface area contributed by atoms with Crippen molar-refractivity contribution in [2.45, 2.75) is 37.8 Å². The van der Waals surface area contributed by atoms with Crippen molar-refractivity contribution in [3.05, 3.63) is 0 Å². The maximum absolute atomic E-state index is 12.5.